The highest BCUT2D eigenvalue weighted by Gasteiger charge is 2.15. The maximum Gasteiger partial charge on any atom is 0.292 e. The van der Waals surface area contributed by atoms with Crippen LogP contribution in [0.25, 0.3) is 0 Å². The molecule has 1 aromatic heterocycles. The molecule has 1 aromatic carbocycles. The van der Waals surface area contributed by atoms with Gasteiger partial charge >= 0.3 is 0 Å². The van der Waals surface area contributed by atoms with Crippen LogP contribution in [0, 0.1) is 10.1 Å². The van der Waals surface area contributed by atoms with Crippen LogP contribution in [0.1, 0.15) is 15.2 Å². The number of carbonyl (C=O) groups excluding carboxylic acids is 1. The minimum Gasteiger partial charge on any atom is -0.383 e. The second-order valence-corrected chi connectivity index (χ2v) is 5.93. The maximum absolute atomic E-state index is 12.0. The Morgan fingerprint density at radius 3 is 2.71 bits per heavy atom. The van der Waals surface area contributed by atoms with Crippen LogP contribution in [-0.4, -0.2) is 17.9 Å². The molecule has 0 radical (unpaired) electrons. The molecule has 0 spiro atoms. The highest BCUT2D eigenvalue weighted by atomic mass is 35.5. The molecule has 110 valence electrons. The fraction of sp³-hybridized carbons (Fsp3) is 0.154. The van der Waals surface area contributed by atoms with Gasteiger partial charge in [-0.25, -0.2) is 0 Å². The fourth-order valence-electron chi connectivity index (χ4n) is 1.75. The normalized spacial score (nSPS) is 10.2. The van der Waals surface area contributed by atoms with Crippen molar-refractivity contribution in [3.63, 3.8) is 0 Å². The van der Waals surface area contributed by atoms with E-state index in [-0.39, 0.29) is 11.6 Å². The molecule has 1 heterocycles. The van der Waals surface area contributed by atoms with E-state index in [1.807, 2.05) is 6.07 Å². The van der Waals surface area contributed by atoms with Gasteiger partial charge in [0.2, 0.25) is 0 Å². The lowest BCUT2D eigenvalue weighted by atomic mass is 10.1. The molecule has 21 heavy (non-hydrogen) atoms. The SMILES string of the molecule is CNc1cc(C(=O)NCc2ccc(Cl)s2)ccc1[N+](=O)[O-]. The average Bonchev–Trinajstić information content (AvgIpc) is 2.89. The lowest BCUT2D eigenvalue weighted by Crippen LogP contribution is -2.22. The zero-order valence-electron chi connectivity index (χ0n) is 11.1. The molecule has 2 rings (SSSR count). The van der Waals surface area contributed by atoms with E-state index in [1.165, 1.54) is 29.5 Å². The minimum atomic E-state index is -0.499. The Morgan fingerprint density at radius 1 is 1.38 bits per heavy atom. The number of hydrogen-bond donors (Lipinski definition) is 2. The Hall–Kier alpha value is -2.12. The summed E-state index contributed by atoms with van der Waals surface area (Å²) in [5, 5.41) is 16.3. The number of hydrogen-bond acceptors (Lipinski definition) is 5. The lowest BCUT2D eigenvalue weighted by molar-refractivity contribution is -0.383. The van der Waals surface area contributed by atoms with E-state index in [4.69, 9.17) is 11.6 Å². The van der Waals surface area contributed by atoms with Crippen molar-refractivity contribution in [2.75, 3.05) is 12.4 Å². The summed E-state index contributed by atoms with van der Waals surface area (Å²) in [7, 11) is 1.57. The molecular weight excluding hydrogens is 314 g/mol. The van der Waals surface area contributed by atoms with Gasteiger partial charge in [-0.2, -0.15) is 0 Å². The van der Waals surface area contributed by atoms with E-state index in [0.29, 0.717) is 22.1 Å². The zero-order chi connectivity index (χ0) is 15.4. The summed E-state index contributed by atoms with van der Waals surface area (Å²) in [5.74, 6) is -0.300. The van der Waals surface area contributed by atoms with E-state index in [1.54, 1.807) is 13.1 Å². The van der Waals surface area contributed by atoms with Gasteiger partial charge in [0.1, 0.15) is 5.69 Å². The topological polar surface area (TPSA) is 84.3 Å². The van der Waals surface area contributed by atoms with Crippen LogP contribution in [-0.2, 0) is 6.54 Å². The van der Waals surface area contributed by atoms with E-state index in [2.05, 4.69) is 10.6 Å². The highest BCUT2D eigenvalue weighted by Crippen LogP contribution is 2.25. The van der Waals surface area contributed by atoms with Crippen LogP contribution in [0.4, 0.5) is 11.4 Å². The predicted octanol–water partition coefficient (Wildman–Crippen LogP) is 3.28. The third-order valence-corrected chi connectivity index (χ3v) is 4.01. The summed E-state index contributed by atoms with van der Waals surface area (Å²) in [6.07, 6.45) is 0. The lowest BCUT2D eigenvalue weighted by Gasteiger charge is -2.06. The first-order valence-corrected chi connectivity index (χ1v) is 7.19. The van der Waals surface area contributed by atoms with Crippen LogP contribution < -0.4 is 10.6 Å². The van der Waals surface area contributed by atoms with Crippen molar-refractivity contribution in [1.29, 1.82) is 0 Å². The summed E-state index contributed by atoms with van der Waals surface area (Å²) in [6.45, 7) is 0.363. The minimum absolute atomic E-state index is 0.0703. The van der Waals surface area contributed by atoms with Crippen molar-refractivity contribution < 1.29 is 9.72 Å². The molecule has 0 aliphatic carbocycles. The number of carbonyl (C=O) groups is 1. The summed E-state index contributed by atoms with van der Waals surface area (Å²) < 4.78 is 0.659. The second kappa shape index (κ2) is 6.55. The third-order valence-electron chi connectivity index (χ3n) is 2.78. The van der Waals surface area contributed by atoms with E-state index >= 15 is 0 Å². The van der Waals surface area contributed by atoms with Crippen LogP contribution in [0.3, 0.4) is 0 Å². The van der Waals surface area contributed by atoms with Crippen LogP contribution in [0.2, 0.25) is 4.34 Å². The van der Waals surface area contributed by atoms with Gasteiger partial charge in [-0.3, -0.25) is 14.9 Å². The molecule has 0 atom stereocenters. The standard InChI is InChI=1S/C13H12ClN3O3S/c1-15-10-6-8(2-4-11(10)17(19)20)13(18)16-7-9-3-5-12(14)21-9/h2-6,15H,7H2,1H3,(H,16,18). The predicted molar refractivity (Wildman–Crippen MR) is 83.1 cm³/mol. The first-order valence-electron chi connectivity index (χ1n) is 6.00. The average molecular weight is 326 g/mol. The summed E-state index contributed by atoms with van der Waals surface area (Å²) >= 11 is 7.20. The first-order chi connectivity index (χ1) is 10.0. The van der Waals surface area contributed by atoms with Crippen molar-refractivity contribution in [1.82, 2.24) is 5.32 Å². The van der Waals surface area contributed by atoms with Gasteiger partial charge in [0.15, 0.2) is 0 Å². The van der Waals surface area contributed by atoms with Gasteiger partial charge in [0.25, 0.3) is 11.6 Å². The number of amides is 1. The number of nitro benzene ring substituents is 1. The smallest absolute Gasteiger partial charge is 0.292 e. The molecule has 2 aromatic rings. The molecule has 0 saturated carbocycles. The molecule has 8 heteroatoms. The van der Waals surface area contributed by atoms with Gasteiger partial charge in [-0.05, 0) is 24.3 Å². The maximum atomic E-state index is 12.0. The van der Waals surface area contributed by atoms with Crippen LogP contribution in [0.5, 0.6) is 0 Å². The molecule has 0 saturated heterocycles. The van der Waals surface area contributed by atoms with E-state index in [9.17, 15) is 14.9 Å². The number of nitrogens with zero attached hydrogens (tertiary/aromatic N) is 1. The van der Waals surface area contributed by atoms with Crippen LogP contribution >= 0.6 is 22.9 Å². The highest BCUT2D eigenvalue weighted by molar-refractivity contribution is 7.16. The van der Waals surface area contributed by atoms with E-state index < -0.39 is 4.92 Å². The number of benzene rings is 1. The van der Waals surface area contributed by atoms with Gasteiger partial charge in [-0.15, -0.1) is 11.3 Å². The first kappa shape index (κ1) is 15.3. The number of anilines is 1. The molecule has 0 aliphatic rings. The molecule has 0 unspecified atom stereocenters. The van der Waals surface area contributed by atoms with Gasteiger partial charge in [0.05, 0.1) is 15.8 Å². The second-order valence-electron chi connectivity index (χ2n) is 4.13. The summed E-state index contributed by atoms with van der Waals surface area (Å²) in [6, 6.07) is 7.79. The number of nitrogens with one attached hydrogen (secondary N) is 2. The monoisotopic (exact) mass is 325 g/mol. The number of rotatable bonds is 5. The Balaban J connectivity index is 2.10. The van der Waals surface area contributed by atoms with Crippen LogP contribution in [0.15, 0.2) is 30.3 Å². The Labute approximate surface area is 129 Å². The summed E-state index contributed by atoms with van der Waals surface area (Å²) in [4.78, 5) is 23.3. The molecule has 0 fully saturated rings. The van der Waals surface area contributed by atoms with Gasteiger partial charge in [-0.1, -0.05) is 11.6 Å². The van der Waals surface area contributed by atoms with Gasteiger partial charge in [0, 0.05) is 23.6 Å². The molecule has 0 bridgehead atoms. The quantitative estimate of drug-likeness (QED) is 0.652. The Bertz CT molecular complexity index is 687. The molecule has 0 aliphatic heterocycles. The van der Waals surface area contributed by atoms with Gasteiger partial charge < -0.3 is 10.6 Å². The third kappa shape index (κ3) is 3.71. The molecule has 1 amide bonds. The van der Waals surface area contributed by atoms with Crippen molar-refractivity contribution in [2.45, 2.75) is 6.54 Å². The van der Waals surface area contributed by atoms with Crippen molar-refractivity contribution in [2.24, 2.45) is 0 Å². The Kier molecular flexibility index (Phi) is 4.77. The number of nitro groups is 1. The number of thiophene rings is 1. The molecule has 6 nitrogen and oxygen atoms in total. The molecule has 2 N–H and O–H groups in total. The van der Waals surface area contributed by atoms with Crippen molar-refractivity contribution in [3.8, 4) is 0 Å². The number of halogens is 1. The van der Waals surface area contributed by atoms with Crippen molar-refractivity contribution in [3.05, 3.63) is 55.2 Å². The zero-order valence-corrected chi connectivity index (χ0v) is 12.6. The summed E-state index contributed by atoms with van der Waals surface area (Å²) in [5.41, 5.74) is 0.582. The van der Waals surface area contributed by atoms with Crippen molar-refractivity contribution >= 4 is 40.2 Å². The fourth-order valence-corrected chi connectivity index (χ4v) is 2.78. The Morgan fingerprint density at radius 2 is 2.14 bits per heavy atom. The molecular formula is C13H12ClN3O3S. The van der Waals surface area contributed by atoms with E-state index in [0.717, 1.165) is 4.88 Å². The largest absolute Gasteiger partial charge is 0.383 e.